The molecular formula is C14H15BrN2O2S. The van der Waals surface area contributed by atoms with Gasteiger partial charge in [-0.25, -0.2) is 0 Å². The molecule has 0 aliphatic carbocycles. The molecule has 0 fully saturated rings. The molecule has 0 bridgehead atoms. The van der Waals surface area contributed by atoms with E-state index in [9.17, 15) is 10.1 Å². The van der Waals surface area contributed by atoms with Gasteiger partial charge in [0.15, 0.2) is 0 Å². The van der Waals surface area contributed by atoms with Gasteiger partial charge >= 0.3 is 0 Å². The topological polar surface area (TPSA) is 55.2 Å². The molecule has 4 nitrogen and oxygen atoms in total. The molecule has 1 heterocycles. The van der Waals surface area contributed by atoms with E-state index in [4.69, 9.17) is 0 Å². The van der Waals surface area contributed by atoms with Crippen LogP contribution in [-0.4, -0.2) is 4.92 Å². The second-order valence-corrected chi connectivity index (χ2v) is 6.56. The molecule has 0 saturated carbocycles. The number of halogens is 1. The van der Waals surface area contributed by atoms with E-state index in [1.54, 1.807) is 30.4 Å². The number of nitro benzene ring substituents is 1. The van der Waals surface area contributed by atoms with Crippen molar-refractivity contribution < 1.29 is 4.92 Å². The lowest BCUT2D eigenvalue weighted by molar-refractivity contribution is -0.385. The predicted molar refractivity (Wildman–Crippen MR) is 86.6 cm³/mol. The Morgan fingerprint density at radius 3 is 2.65 bits per heavy atom. The number of rotatable bonds is 5. The zero-order chi connectivity index (χ0) is 14.7. The Kier molecular flexibility index (Phi) is 4.77. The summed E-state index contributed by atoms with van der Waals surface area (Å²) >= 11 is 5.16. The van der Waals surface area contributed by atoms with Gasteiger partial charge in [-0.2, -0.15) is 0 Å². The quantitative estimate of drug-likeness (QED) is 0.613. The van der Waals surface area contributed by atoms with Crippen molar-refractivity contribution in [3.8, 4) is 0 Å². The fourth-order valence-corrected chi connectivity index (χ4v) is 3.26. The first-order valence-corrected chi connectivity index (χ1v) is 7.88. The third kappa shape index (κ3) is 3.37. The molecule has 1 aromatic carbocycles. The summed E-state index contributed by atoms with van der Waals surface area (Å²) in [5.74, 6) is 0. The van der Waals surface area contributed by atoms with E-state index < -0.39 is 0 Å². The van der Waals surface area contributed by atoms with Crippen molar-refractivity contribution in [2.75, 3.05) is 5.32 Å². The van der Waals surface area contributed by atoms with Crippen LogP contribution < -0.4 is 5.32 Å². The third-order valence-electron chi connectivity index (χ3n) is 3.00. The Morgan fingerprint density at radius 1 is 1.35 bits per heavy atom. The summed E-state index contributed by atoms with van der Waals surface area (Å²) in [5.41, 5.74) is 1.66. The van der Waals surface area contributed by atoms with Gasteiger partial charge in [0.1, 0.15) is 0 Å². The van der Waals surface area contributed by atoms with Crippen LogP contribution in [0.3, 0.4) is 0 Å². The van der Waals surface area contributed by atoms with Gasteiger partial charge in [-0.3, -0.25) is 10.1 Å². The molecule has 0 amide bonds. The lowest BCUT2D eigenvalue weighted by atomic mass is 10.2. The summed E-state index contributed by atoms with van der Waals surface area (Å²) in [5, 5.41) is 14.2. The first-order chi connectivity index (χ1) is 9.51. The van der Waals surface area contributed by atoms with Gasteiger partial charge < -0.3 is 5.32 Å². The van der Waals surface area contributed by atoms with Gasteiger partial charge in [0.05, 0.1) is 4.92 Å². The smallest absolute Gasteiger partial charge is 0.273 e. The van der Waals surface area contributed by atoms with Crippen molar-refractivity contribution in [1.29, 1.82) is 0 Å². The number of nitrogens with zero attached hydrogens (tertiary/aromatic N) is 1. The number of nitrogens with one attached hydrogen (secondary N) is 1. The summed E-state index contributed by atoms with van der Waals surface area (Å²) in [6, 6.07) is 7.60. The van der Waals surface area contributed by atoms with Crippen LogP contribution in [-0.2, 0) is 13.0 Å². The van der Waals surface area contributed by atoms with Crippen LogP contribution in [0.1, 0.15) is 22.2 Å². The Balaban J connectivity index is 2.13. The molecular weight excluding hydrogens is 340 g/mol. The number of hydrogen-bond donors (Lipinski definition) is 1. The highest BCUT2D eigenvalue weighted by molar-refractivity contribution is 9.10. The highest BCUT2D eigenvalue weighted by Gasteiger charge is 2.14. The van der Waals surface area contributed by atoms with Crippen LogP contribution in [0.5, 0.6) is 0 Å². The Morgan fingerprint density at radius 2 is 2.05 bits per heavy atom. The van der Waals surface area contributed by atoms with E-state index in [1.165, 1.54) is 9.75 Å². The zero-order valence-electron chi connectivity index (χ0n) is 11.3. The van der Waals surface area contributed by atoms with Gasteiger partial charge in [0.2, 0.25) is 0 Å². The van der Waals surface area contributed by atoms with Crippen molar-refractivity contribution in [3.63, 3.8) is 0 Å². The Hall–Kier alpha value is -1.40. The molecule has 0 unspecified atom stereocenters. The van der Waals surface area contributed by atoms with Crippen molar-refractivity contribution in [3.05, 3.63) is 54.2 Å². The lowest BCUT2D eigenvalue weighted by Crippen LogP contribution is -2.00. The highest BCUT2D eigenvalue weighted by atomic mass is 79.9. The van der Waals surface area contributed by atoms with E-state index >= 15 is 0 Å². The summed E-state index contributed by atoms with van der Waals surface area (Å²) < 4.78 is 0.710. The monoisotopic (exact) mass is 354 g/mol. The predicted octanol–water partition coefficient (Wildman–Crippen LogP) is 4.90. The van der Waals surface area contributed by atoms with Gasteiger partial charge in [0.25, 0.3) is 5.69 Å². The summed E-state index contributed by atoms with van der Waals surface area (Å²) in [4.78, 5) is 13.1. The lowest BCUT2D eigenvalue weighted by Gasteiger charge is -2.09. The maximum atomic E-state index is 10.9. The summed E-state index contributed by atoms with van der Waals surface area (Å²) in [7, 11) is 0. The average Bonchev–Trinajstić information content (AvgIpc) is 2.87. The number of anilines is 1. The maximum Gasteiger partial charge on any atom is 0.273 e. The Labute approximate surface area is 130 Å². The number of thiophene rings is 1. The zero-order valence-corrected chi connectivity index (χ0v) is 13.7. The van der Waals surface area contributed by atoms with Gasteiger partial charge in [-0.05, 0) is 47.5 Å². The normalized spacial score (nSPS) is 10.6. The third-order valence-corrected chi connectivity index (χ3v) is 4.89. The molecule has 6 heteroatoms. The number of hydrogen-bond acceptors (Lipinski definition) is 4. The van der Waals surface area contributed by atoms with Crippen LogP contribution >= 0.6 is 27.3 Å². The largest absolute Gasteiger partial charge is 0.379 e. The first-order valence-electron chi connectivity index (χ1n) is 6.27. The fourth-order valence-electron chi connectivity index (χ4n) is 1.89. The summed E-state index contributed by atoms with van der Waals surface area (Å²) in [6.45, 7) is 4.61. The van der Waals surface area contributed by atoms with E-state index in [0.717, 1.165) is 18.7 Å². The Bertz CT molecular complexity index is 640. The molecule has 0 saturated heterocycles. The van der Waals surface area contributed by atoms with Gasteiger partial charge in [-0.15, -0.1) is 11.3 Å². The van der Waals surface area contributed by atoms with E-state index in [-0.39, 0.29) is 10.6 Å². The molecule has 2 aromatic rings. The molecule has 1 aromatic heterocycles. The van der Waals surface area contributed by atoms with E-state index in [1.807, 2.05) is 0 Å². The molecule has 0 radical (unpaired) electrons. The molecule has 20 heavy (non-hydrogen) atoms. The molecule has 2 rings (SSSR count). The second-order valence-electron chi connectivity index (χ2n) is 4.45. The highest BCUT2D eigenvalue weighted by Crippen LogP contribution is 2.31. The van der Waals surface area contributed by atoms with Gasteiger partial charge in [0, 0.05) is 38.1 Å². The van der Waals surface area contributed by atoms with Crippen LogP contribution in [0.4, 0.5) is 11.4 Å². The molecule has 1 N–H and O–H groups in total. The molecule has 0 atom stereocenters. The first kappa shape index (κ1) is 15.0. The average molecular weight is 355 g/mol. The molecule has 0 aliphatic rings. The standard InChI is InChI=1S/C14H15BrN2O2S/c1-3-10-4-5-11(20-10)8-16-13-6-9(2)14(17(18)19)7-12(13)15/h4-7,16H,3,8H2,1-2H3. The maximum absolute atomic E-state index is 10.9. The minimum Gasteiger partial charge on any atom is -0.379 e. The molecule has 0 aliphatic heterocycles. The van der Waals surface area contributed by atoms with Crippen molar-refractivity contribution in [2.24, 2.45) is 0 Å². The van der Waals surface area contributed by atoms with Crippen LogP contribution in [0, 0.1) is 17.0 Å². The van der Waals surface area contributed by atoms with Crippen molar-refractivity contribution in [2.45, 2.75) is 26.8 Å². The van der Waals surface area contributed by atoms with Crippen LogP contribution in [0.25, 0.3) is 0 Å². The minimum absolute atomic E-state index is 0.131. The SMILES string of the molecule is CCc1ccc(CNc2cc(C)c([N+](=O)[O-])cc2Br)s1. The number of nitro groups is 1. The van der Waals surface area contributed by atoms with Crippen molar-refractivity contribution in [1.82, 2.24) is 0 Å². The van der Waals surface area contributed by atoms with Crippen molar-refractivity contribution >= 4 is 38.6 Å². The van der Waals surface area contributed by atoms with Crippen LogP contribution in [0.15, 0.2) is 28.7 Å². The second kappa shape index (κ2) is 6.37. The minimum atomic E-state index is -0.364. The number of aryl methyl sites for hydroxylation is 2. The molecule has 106 valence electrons. The van der Waals surface area contributed by atoms with E-state index in [2.05, 4.69) is 40.3 Å². The summed E-state index contributed by atoms with van der Waals surface area (Å²) in [6.07, 6.45) is 1.05. The number of benzene rings is 1. The fraction of sp³-hybridized carbons (Fsp3) is 0.286. The van der Waals surface area contributed by atoms with Crippen LogP contribution in [0.2, 0.25) is 0 Å². The van der Waals surface area contributed by atoms with E-state index in [0.29, 0.717) is 10.0 Å². The van der Waals surface area contributed by atoms with Gasteiger partial charge in [-0.1, -0.05) is 6.92 Å². The molecule has 0 spiro atoms.